The van der Waals surface area contributed by atoms with Crippen LogP contribution < -0.4 is 5.32 Å². The van der Waals surface area contributed by atoms with Gasteiger partial charge in [0.15, 0.2) is 0 Å². The first-order valence-electron chi connectivity index (χ1n) is 5.95. The van der Waals surface area contributed by atoms with E-state index in [9.17, 15) is 0 Å². The third-order valence-electron chi connectivity index (χ3n) is 3.47. The van der Waals surface area contributed by atoms with Crippen LogP contribution in [-0.2, 0) is 0 Å². The third kappa shape index (κ3) is 1.63. The highest BCUT2D eigenvalue weighted by Crippen LogP contribution is 2.33. The second-order valence-electron chi connectivity index (χ2n) is 4.64. The van der Waals surface area contributed by atoms with Gasteiger partial charge >= 0.3 is 0 Å². The van der Waals surface area contributed by atoms with Crippen LogP contribution in [0.2, 0.25) is 0 Å². The molecule has 0 bridgehead atoms. The fraction of sp³-hybridized carbons (Fsp3) is 0.429. The van der Waals surface area contributed by atoms with Gasteiger partial charge < -0.3 is 4.42 Å². The molecule has 3 rings (SSSR count). The lowest BCUT2D eigenvalue weighted by Gasteiger charge is -2.20. The molecule has 1 aromatic heterocycles. The second-order valence-corrected chi connectivity index (χ2v) is 4.64. The molecule has 0 N–H and O–H groups in total. The van der Waals surface area contributed by atoms with Crippen LogP contribution in [0.4, 0.5) is 0 Å². The number of furan rings is 1. The summed E-state index contributed by atoms with van der Waals surface area (Å²) in [5, 5.41) is 5.70. The largest absolute Gasteiger partial charge is 0.464 e. The van der Waals surface area contributed by atoms with E-state index in [4.69, 9.17) is 4.42 Å². The number of hydrogen-bond acceptors (Lipinski definition) is 1. The Kier molecular flexibility index (Phi) is 2.44. The highest BCUT2D eigenvalue weighted by atomic mass is 16.3. The van der Waals surface area contributed by atoms with Crippen molar-refractivity contribution in [2.24, 2.45) is 0 Å². The van der Waals surface area contributed by atoms with Crippen molar-refractivity contribution in [2.45, 2.75) is 25.7 Å². The van der Waals surface area contributed by atoms with Gasteiger partial charge in [-0.25, -0.2) is 5.32 Å². The standard InChI is InChI=1S/C14H16NO/c1-10-2-3-14-12(8-10)13(9-16-14)11-4-6-15-7-5-11/h2-3,8-9,11H,4-7H2,1H3. The smallest absolute Gasteiger partial charge is 0.134 e. The highest BCUT2D eigenvalue weighted by Gasteiger charge is 2.19. The zero-order valence-electron chi connectivity index (χ0n) is 9.57. The summed E-state index contributed by atoms with van der Waals surface area (Å²) in [7, 11) is 0. The van der Waals surface area contributed by atoms with Crippen molar-refractivity contribution in [1.82, 2.24) is 5.32 Å². The number of benzene rings is 1. The monoisotopic (exact) mass is 214 g/mol. The van der Waals surface area contributed by atoms with Crippen LogP contribution in [-0.4, -0.2) is 13.1 Å². The summed E-state index contributed by atoms with van der Waals surface area (Å²) in [6, 6.07) is 6.41. The Morgan fingerprint density at radius 2 is 2.06 bits per heavy atom. The molecule has 0 atom stereocenters. The van der Waals surface area contributed by atoms with Crippen molar-refractivity contribution in [3.05, 3.63) is 35.6 Å². The number of piperidine rings is 1. The van der Waals surface area contributed by atoms with E-state index in [0.717, 1.165) is 18.7 Å². The molecule has 1 fully saturated rings. The molecule has 0 spiro atoms. The summed E-state index contributed by atoms with van der Waals surface area (Å²) in [6.45, 7) is 4.14. The molecular weight excluding hydrogens is 198 g/mol. The number of fused-ring (bicyclic) bond motifs is 1. The molecule has 1 radical (unpaired) electrons. The first kappa shape index (κ1) is 9.91. The average molecular weight is 214 g/mol. The molecule has 1 aliphatic heterocycles. The topological polar surface area (TPSA) is 27.2 Å². The van der Waals surface area contributed by atoms with E-state index in [0.29, 0.717) is 5.92 Å². The quantitative estimate of drug-likeness (QED) is 0.716. The van der Waals surface area contributed by atoms with Gasteiger partial charge in [-0.15, -0.1) is 0 Å². The minimum atomic E-state index is 0.639. The maximum absolute atomic E-state index is 5.63. The molecule has 1 aromatic carbocycles. The first-order valence-corrected chi connectivity index (χ1v) is 5.95. The molecule has 2 aromatic rings. The normalized spacial score (nSPS) is 18.1. The maximum atomic E-state index is 5.63. The molecule has 1 saturated heterocycles. The Bertz CT molecular complexity index is 494. The average Bonchev–Trinajstić information content (AvgIpc) is 2.73. The van der Waals surface area contributed by atoms with Crippen molar-refractivity contribution in [1.29, 1.82) is 0 Å². The van der Waals surface area contributed by atoms with Gasteiger partial charge in [-0.1, -0.05) is 11.6 Å². The Morgan fingerprint density at radius 3 is 2.88 bits per heavy atom. The van der Waals surface area contributed by atoms with E-state index in [-0.39, 0.29) is 0 Å². The second kappa shape index (κ2) is 3.95. The summed E-state index contributed by atoms with van der Waals surface area (Å²) in [4.78, 5) is 0. The number of rotatable bonds is 1. The number of aryl methyl sites for hydroxylation is 1. The van der Waals surface area contributed by atoms with Crippen molar-refractivity contribution < 1.29 is 4.42 Å². The van der Waals surface area contributed by atoms with Crippen molar-refractivity contribution in [3.63, 3.8) is 0 Å². The molecule has 1 aliphatic rings. The van der Waals surface area contributed by atoms with Crippen LogP contribution in [0.3, 0.4) is 0 Å². The van der Waals surface area contributed by atoms with Gasteiger partial charge in [0.2, 0.25) is 0 Å². The van der Waals surface area contributed by atoms with Crippen molar-refractivity contribution >= 4 is 11.0 Å². The van der Waals surface area contributed by atoms with Crippen molar-refractivity contribution in [2.75, 3.05) is 13.1 Å². The molecule has 0 aliphatic carbocycles. The minimum Gasteiger partial charge on any atom is -0.464 e. The van der Waals surface area contributed by atoms with Gasteiger partial charge in [0.05, 0.1) is 6.26 Å². The van der Waals surface area contributed by atoms with Crippen molar-refractivity contribution in [3.8, 4) is 0 Å². The van der Waals surface area contributed by atoms with Crippen LogP contribution in [0, 0.1) is 6.92 Å². The molecular formula is C14H16NO. The predicted molar refractivity (Wildman–Crippen MR) is 64.8 cm³/mol. The van der Waals surface area contributed by atoms with Gasteiger partial charge in [-0.2, -0.15) is 0 Å². The molecule has 0 unspecified atom stereocenters. The Morgan fingerprint density at radius 1 is 1.25 bits per heavy atom. The molecule has 2 nitrogen and oxygen atoms in total. The molecule has 0 amide bonds. The zero-order valence-corrected chi connectivity index (χ0v) is 9.57. The lowest BCUT2D eigenvalue weighted by Crippen LogP contribution is -2.20. The predicted octanol–water partition coefficient (Wildman–Crippen LogP) is 3.22. The number of hydrogen-bond donors (Lipinski definition) is 0. The van der Waals surface area contributed by atoms with Gasteiger partial charge in [-0.05, 0) is 37.8 Å². The fourth-order valence-corrected chi connectivity index (χ4v) is 2.54. The molecule has 83 valence electrons. The van der Waals surface area contributed by atoms with E-state index in [1.807, 2.05) is 6.26 Å². The highest BCUT2D eigenvalue weighted by molar-refractivity contribution is 5.82. The van der Waals surface area contributed by atoms with Crippen LogP contribution >= 0.6 is 0 Å². The lowest BCUT2D eigenvalue weighted by atomic mass is 9.90. The van der Waals surface area contributed by atoms with Crippen LogP contribution in [0.25, 0.3) is 11.0 Å². The third-order valence-corrected chi connectivity index (χ3v) is 3.47. The Hall–Kier alpha value is -1.28. The van der Waals surface area contributed by atoms with Gasteiger partial charge in [0.25, 0.3) is 0 Å². The summed E-state index contributed by atoms with van der Waals surface area (Å²) in [5.41, 5.74) is 3.70. The lowest BCUT2D eigenvalue weighted by molar-refractivity contribution is 0.451. The maximum Gasteiger partial charge on any atom is 0.134 e. The molecule has 2 heteroatoms. The Balaban J connectivity index is 2.05. The van der Waals surface area contributed by atoms with Gasteiger partial charge in [0, 0.05) is 24.0 Å². The van der Waals surface area contributed by atoms with E-state index in [2.05, 4.69) is 30.4 Å². The summed E-state index contributed by atoms with van der Waals surface area (Å²) < 4.78 is 5.63. The van der Waals surface area contributed by atoms with Gasteiger partial charge in [0.1, 0.15) is 5.58 Å². The molecule has 0 saturated carbocycles. The van der Waals surface area contributed by atoms with E-state index in [1.165, 1.54) is 29.4 Å². The van der Waals surface area contributed by atoms with Crippen LogP contribution in [0.5, 0.6) is 0 Å². The zero-order chi connectivity index (χ0) is 11.0. The van der Waals surface area contributed by atoms with Crippen LogP contribution in [0.1, 0.15) is 29.9 Å². The molecule has 16 heavy (non-hydrogen) atoms. The fourth-order valence-electron chi connectivity index (χ4n) is 2.54. The first-order chi connectivity index (χ1) is 7.84. The van der Waals surface area contributed by atoms with Crippen LogP contribution in [0.15, 0.2) is 28.9 Å². The van der Waals surface area contributed by atoms with E-state index < -0.39 is 0 Å². The summed E-state index contributed by atoms with van der Waals surface area (Å²) >= 11 is 0. The Labute approximate surface area is 95.6 Å². The summed E-state index contributed by atoms with van der Waals surface area (Å²) in [6.07, 6.45) is 4.28. The molecule has 2 heterocycles. The van der Waals surface area contributed by atoms with Gasteiger partial charge in [-0.3, -0.25) is 0 Å². The minimum absolute atomic E-state index is 0.639. The SMILES string of the molecule is Cc1ccc2occ(C3CC[N]CC3)c2c1. The summed E-state index contributed by atoms with van der Waals surface area (Å²) in [5.74, 6) is 0.639. The van der Waals surface area contributed by atoms with E-state index in [1.54, 1.807) is 0 Å². The number of nitrogens with zero attached hydrogens (tertiary/aromatic N) is 1. The van der Waals surface area contributed by atoms with E-state index >= 15 is 0 Å².